The molecule has 2 aliphatic rings. The Morgan fingerprint density at radius 1 is 0.774 bits per heavy atom. The largest absolute Gasteiger partial charge is 3.00 e. The summed E-state index contributed by atoms with van der Waals surface area (Å²) in [4.78, 5) is 0. The molecular weight excluding hydrogens is 515 g/mol. The molecule has 2 aliphatic carbocycles. The third kappa shape index (κ3) is 9.07. The van der Waals surface area contributed by atoms with Crippen molar-refractivity contribution in [3.05, 3.63) is 121 Å². The van der Waals surface area contributed by atoms with Gasteiger partial charge in [0.25, 0.3) is 0 Å². The minimum Gasteiger partial charge on any atom is -0.358 e. The third-order valence-electron chi connectivity index (χ3n) is 4.42. The third-order valence-corrected chi connectivity index (χ3v) is 4.42. The Labute approximate surface area is 225 Å². The molecule has 0 saturated carbocycles. The molecule has 3 aromatic rings. The van der Waals surface area contributed by atoms with Crippen LogP contribution in [0.5, 0.6) is 0 Å². The van der Waals surface area contributed by atoms with Crippen molar-refractivity contribution in [2.24, 2.45) is 0 Å². The zero-order valence-electron chi connectivity index (χ0n) is 18.8. The molecule has 0 spiro atoms. The van der Waals surface area contributed by atoms with Crippen LogP contribution in [0, 0.1) is 19.6 Å². The van der Waals surface area contributed by atoms with Crippen LogP contribution in [0.25, 0.3) is 16.7 Å². The summed E-state index contributed by atoms with van der Waals surface area (Å²) in [5.41, 5.74) is 8.10. The van der Waals surface area contributed by atoms with Gasteiger partial charge in [-0.25, -0.2) is 6.08 Å². The van der Waals surface area contributed by atoms with E-state index in [0.717, 1.165) is 12.8 Å². The minimum absolute atomic E-state index is 0. The van der Waals surface area contributed by atoms with E-state index in [4.69, 9.17) is 0 Å². The monoisotopic (exact) mass is 544 g/mol. The van der Waals surface area contributed by atoms with Crippen LogP contribution in [-0.2, 0) is 32.6 Å². The van der Waals surface area contributed by atoms with Gasteiger partial charge in [0.2, 0.25) is 0 Å². The van der Waals surface area contributed by atoms with E-state index in [-0.39, 0.29) is 69.4 Å². The van der Waals surface area contributed by atoms with E-state index in [0.29, 0.717) is 0 Å². The zero-order chi connectivity index (χ0) is 18.2. The number of hydrogen-bond donors (Lipinski definition) is 0. The van der Waals surface area contributed by atoms with Crippen LogP contribution in [0.3, 0.4) is 0 Å². The van der Waals surface area contributed by atoms with E-state index < -0.39 is 0 Å². The molecule has 2 radical (unpaired) electrons. The standard InChI is InChI=1S/C13H9.C11H9.C2H6.CH3.2ClH.H3Si.Zr/c1-3-7-12-10(5-1)9-11-6-2-4-8-13(11)12;1-2-6-10(7-3-1)11-8-4-5-9-11;1-2;;;;;/h1-5,7-8H,9H2;1-3,6-9H,4H2;1-2H3;1H3;2*1H;1H3;/q2*-1;;-1;;;;+3. The predicted molar refractivity (Wildman–Crippen MR) is 143 cm³/mol. The fourth-order valence-electron chi connectivity index (χ4n) is 3.23. The molecule has 0 bridgehead atoms. The van der Waals surface area contributed by atoms with Crippen molar-refractivity contribution in [2.45, 2.75) is 26.7 Å². The van der Waals surface area contributed by atoms with E-state index in [1.165, 1.54) is 33.4 Å². The molecule has 31 heavy (non-hydrogen) atoms. The Kier molecular flexibility index (Phi) is 20.4. The van der Waals surface area contributed by atoms with Gasteiger partial charge in [-0.2, -0.15) is 41.5 Å². The molecule has 5 rings (SSSR count). The molecule has 162 valence electrons. The van der Waals surface area contributed by atoms with Gasteiger partial charge >= 0.3 is 26.2 Å². The predicted octanol–water partition coefficient (Wildman–Crippen LogP) is 7.02. The van der Waals surface area contributed by atoms with Gasteiger partial charge in [0.15, 0.2) is 0 Å². The van der Waals surface area contributed by atoms with Crippen molar-refractivity contribution in [2.75, 3.05) is 0 Å². The molecule has 0 fully saturated rings. The maximum atomic E-state index is 3.30. The van der Waals surface area contributed by atoms with Gasteiger partial charge in [-0.3, -0.25) is 6.08 Å². The van der Waals surface area contributed by atoms with Crippen molar-refractivity contribution in [1.82, 2.24) is 0 Å². The number of hydrogen-bond acceptors (Lipinski definition) is 0. The maximum absolute atomic E-state index is 3.30. The van der Waals surface area contributed by atoms with E-state index in [1.54, 1.807) is 0 Å². The average molecular weight is 547 g/mol. The quantitative estimate of drug-likeness (QED) is 0.178. The molecular formula is C27H32Cl2SiZr. The van der Waals surface area contributed by atoms with Crippen LogP contribution < -0.4 is 0 Å². The van der Waals surface area contributed by atoms with Gasteiger partial charge in [0.05, 0.1) is 0 Å². The van der Waals surface area contributed by atoms with E-state index in [1.807, 2.05) is 26.0 Å². The Hall–Kier alpha value is -1.18. The Morgan fingerprint density at radius 3 is 2.03 bits per heavy atom. The molecule has 0 unspecified atom stereocenters. The van der Waals surface area contributed by atoms with Gasteiger partial charge in [0, 0.05) is 0 Å². The first-order valence-corrected chi connectivity index (χ1v) is 9.32. The van der Waals surface area contributed by atoms with Crippen LogP contribution in [-0.4, -0.2) is 11.0 Å². The summed E-state index contributed by atoms with van der Waals surface area (Å²) < 4.78 is 0. The average Bonchev–Trinajstić information content (AvgIpc) is 3.39. The number of allylic oxidation sites excluding steroid dienone is 4. The van der Waals surface area contributed by atoms with Gasteiger partial charge in [-0.1, -0.05) is 79.6 Å². The number of rotatable bonds is 1. The molecule has 4 heteroatoms. The van der Waals surface area contributed by atoms with Gasteiger partial charge in [0.1, 0.15) is 0 Å². The summed E-state index contributed by atoms with van der Waals surface area (Å²) in [7, 11) is 0. The second-order valence-corrected chi connectivity index (χ2v) is 5.97. The first-order valence-electron chi connectivity index (χ1n) is 9.32. The number of halogens is 2. The molecule has 0 amide bonds. The van der Waals surface area contributed by atoms with Crippen molar-refractivity contribution < 1.29 is 26.2 Å². The summed E-state index contributed by atoms with van der Waals surface area (Å²) >= 11 is 0. The zero-order valence-corrected chi connectivity index (χ0v) is 24.9. The number of fused-ring (bicyclic) bond motifs is 3. The maximum Gasteiger partial charge on any atom is 3.00 e. The molecule has 0 heterocycles. The topological polar surface area (TPSA) is 0 Å². The molecule has 3 aromatic carbocycles. The second-order valence-electron chi connectivity index (χ2n) is 5.97. The van der Waals surface area contributed by atoms with E-state index in [2.05, 4.69) is 85.0 Å². The van der Waals surface area contributed by atoms with Crippen molar-refractivity contribution in [3.63, 3.8) is 0 Å². The summed E-state index contributed by atoms with van der Waals surface area (Å²) in [6.45, 7) is 4.00. The fraction of sp³-hybridized carbons (Fsp3) is 0.148. The van der Waals surface area contributed by atoms with Gasteiger partial charge < -0.3 is 7.43 Å². The van der Waals surface area contributed by atoms with Crippen molar-refractivity contribution in [1.29, 1.82) is 0 Å². The molecule has 0 atom stereocenters. The summed E-state index contributed by atoms with van der Waals surface area (Å²) in [5, 5.41) is 0. The Bertz CT molecular complexity index is 878. The minimum atomic E-state index is 0. The van der Waals surface area contributed by atoms with E-state index >= 15 is 0 Å². The van der Waals surface area contributed by atoms with Crippen LogP contribution in [0.2, 0.25) is 0 Å². The first-order chi connectivity index (χ1) is 12.9. The van der Waals surface area contributed by atoms with E-state index in [9.17, 15) is 0 Å². The van der Waals surface area contributed by atoms with Crippen LogP contribution in [0.4, 0.5) is 0 Å². The second kappa shape index (κ2) is 18.4. The van der Waals surface area contributed by atoms with Crippen LogP contribution >= 0.6 is 24.8 Å². The number of benzene rings is 3. The van der Waals surface area contributed by atoms with Gasteiger partial charge in [-0.05, 0) is 17.4 Å². The van der Waals surface area contributed by atoms with Crippen molar-refractivity contribution in [3.8, 4) is 11.1 Å². The Morgan fingerprint density at radius 2 is 1.39 bits per heavy atom. The molecule has 0 N–H and O–H groups in total. The van der Waals surface area contributed by atoms with Gasteiger partial charge in [-0.15, -0.1) is 42.4 Å². The summed E-state index contributed by atoms with van der Waals surface area (Å²) in [6.07, 6.45) is 9.40. The van der Waals surface area contributed by atoms with Crippen molar-refractivity contribution >= 4 is 41.4 Å². The molecule has 0 nitrogen and oxygen atoms in total. The SMILES string of the molecule is CC.Cl.Cl.[C-]1=CC(c2ccccc2)=CC1.[CH3-].[SiH3].[Zr+3].[c-]1cccc2c1Cc1ccccc1-2. The Balaban J connectivity index is -0.000000411. The summed E-state index contributed by atoms with van der Waals surface area (Å²) in [5.74, 6) is 0. The van der Waals surface area contributed by atoms with Crippen LogP contribution in [0.1, 0.15) is 37.0 Å². The fourth-order valence-corrected chi connectivity index (χ4v) is 3.23. The van der Waals surface area contributed by atoms with Crippen LogP contribution in [0.15, 0.2) is 84.9 Å². The molecule has 0 aromatic heterocycles. The summed E-state index contributed by atoms with van der Waals surface area (Å²) in [6, 6.07) is 28.5. The molecule has 0 saturated heterocycles. The first kappa shape index (κ1) is 34.4. The normalized spacial score (nSPS) is 10.7. The smallest absolute Gasteiger partial charge is 0.358 e. The molecule has 0 aliphatic heterocycles.